The molecule has 1 aromatic rings. The van der Waals surface area contributed by atoms with Gasteiger partial charge >= 0.3 is 6.09 Å². The van der Waals surface area contributed by atoms with Crippen LogP contribution in [0.2, 0.25) is 0 Å². The minimum atomic E-state index is -0.196. The number of carbonyl (C=O) groups is 1. The van der Waals surface area contributed by atoms with Crippen LogP contribution >= 0.6 is 0 Å². The predicted octanol–water partition coefficient (Wildman–Crippen LogP) is 1.36. The number of carbonyl (C=O) groups excluding carboxylic acids is 1. The fourth-order valence-electron chi connectivity index (χ4n) is 2.09. The van der Waals surface area contributed by atoms with Crippen molar-refractivity contribution < 1.29 is 9.53 Å². The van der Waals surface area contributed by atoms with Crippen molar-refractivity contribution in [3.63, 3.8) is 0 Å². The summed E-state index contributed by atoms with van der Waals surface area (Å²) >= 11 is 0. The first-order chi connectivity index (χ1) is 9.25. The quantitative estimate of drug-likeness (QED) is 0.834. The Kier molecular flexibility index (Phi) is 5.15. The third-order valence-corrected chi connectivity index (χ3v) is 3.12. The van der Waals surface area contributed by atoms with Crippen LogP contribution in [0.1, 0.15) is 17.8 Å². The molecule has 0 atom stereocenters. The smallest absolute Gasteiger partial charge is 0.409 e. The zero-order chi connectivity index (χ0) is 13.5. The molecule has 0 aliphatic carbocycles. The highest BCUT2D eigenvalue weighted by molar-refractivity contribution is 5.67. The summed E-state index contributed by atoms with van der Waals surface area (Å²) in [5.74, 6) is 0. The highest BCUT2D eigenvalue weighted by atomic mass is 16.6. The molecule has 1 N–H and O–H groups in total. The number of hydrogen-bond acceptors (Lipinski definition) is 4. The van der Waals surface area contributed by atoms with Crippen LogP contribution in [0.15, 0.2) is 18.2 Å². The van der Waals surface area contributed by atoms with Gasteiger partial charge in [0.2, 0.25) is 0 Å². The molecule has 5 heteroatoms. The van der Waals surface area contributed by atoms with Gasteiger partial charge in [-0.1, -0.05) is 6.07 Å². The van der Waals surface area contributed by atoms with Crippen molar-refractivity contribution in [3.05, 3.63) is 29.6 Å². The van der Waals surface area contributed by atoms with Gasteiger partial charge in [0.25, 0.3) is 0 Å². The number of nitrogens with zero attached hydrogens (tertiary/aromatic N) is 2. The summed E-state index contributed by atoms with van der Waals surface area (Å²) in [5.41, 5.74) is 2.08. The molecular formula is C14H21N3O2. The summed E-state index contributed by atoms with van der Waals surface area (Å²) in [4.78, 5) is 17.9. The first-order valence-corrected chi connectivity index (χ1v) is 6.80. The molecule has 1 aromatic heterocycles. The normalized spacial score (nSPS) is 15.3. The molecular weight excluding hydrogens is 242 g/mol. The molecule has 5 nitrogen and oxygen atoms in total. The van der Waals surface area contributed by atoms with E-state index in [1.54, 1.807) is 4.90 Å². The van der Waals surface area contributed by atoms with Gasteiger partial charge in [0.15, 0.2) is 0 Å². The van der Waals surface area contributed by atoms with Gasteiger partial charge in [-0.15, -0.1) is 0 Å². The average Bonchev–Trinajstić information content (AvgIpc) is 2.44. The monoisotopic (exact) mass is 263 g/mol. The van der Waals surface area contributed by atoms with Gasteiger partial charge in [0, 0.05) is 37.6 Å². The number of aromatic nitrogens is 1. The van der Waals surface area contributed by atoms with Crippen LogP contribution < -0.4 is 5.32 Å². The SMILES string of the molecule is Cc1cccc(CCCOC(=O)N2CCNCC2)n1. The lowest BCUT2D eigenvalue weighted by molar-refractivity contribution is 0.0967. The largest absolute Gasteiger partial charge is 0.449 e. The van der Waals surface area contributed by atoms with Gasteiger partial charge in [-0.3, -0.25) is 4.98 Å². The van der Waals surface area contributed by atoms with Crippen LogP contribution in [0.25, 0.3) is 0 Å². The second-order valence-electron chi connectivity index (χ2n) is 4.73. The van der Waals surface area contributed by atoms with Gasteiger partial charge in [0.1, 0.15) is 0 Å². The van der Waals surface area contributed by atoms with Crippen LogP contribution in [0.3, 0.4) is 0 Å². The number of rotatable bonds is 4. The van der Waals surface area contributed by atoms with Gasteiger partial charge in [-0.05, 0) is 31.9 Å². The van der Waals surface area contributed by atoms with E-state index in [4.69, 9.17) is 4.74 Å². The van der Waals surface area contributed by atoms with Crippen LogP contribution in [0.4, 0.5) is 4.79 Å². The molecule has 1 fully saturated rings. The molecule has 19 heavy (non-hydrogen) atoms. The number of nitrogens with one attached hydrogen (secondary N) is 1. The molecule has 0 bridgehead atoms. The number of amides is 1. The van der Waals surface area contributed by atoms with Crippen LogP contribution in [-0.4, -0.2) is 48.8 Å². The third-order valence-electron chi connectivity index (χ3n) is 3.12. The van der Waals surface area contributed by atoms with E-state index < -0.39 is 0 Å². The molecule has 2 rings (SSSR count). The van der Waals surface area contributed by atoms with Crippen molar-refractivity contribution in [2.45, 2.75) is 19.8 Å². The van der Waals surface area contributed by atoms with Crippen LogP contribution in [-0.2, 0) is 11.2 Å². The molecule has 0 unspecified atom stereocenters. The van der Waals surface area contributed by atoms with E-state index in [2.05, 4.69) is 10.3 Å². The number of aryl methyl sites for hydroxylation is 2. The molecule has 0 saturated carbocycles. The summed E-state index contributed by atoms with van der Waals surface area (Å²) in [7, 11) is 0. The Morgan fingerprint density at radius 1 is 1.42 bits per heavy atom. The van der Waals surface area contributed by atoms with Crippen molar-refractivity contribution in [1.82, 2.24) is 15.2 Å². The Hall–Kier alpha value is -1.62. The van der Waals surface area contributed by atoms with Crippen LogP contribution in [0.5, 0.6) is 0 Å². The summed E-state index contributed by atoms with van der Waals surface area (Å²) < 4.78 is 5.26. The zero-order valence-electron chi connectivity index (χ0n) is 11.4. The maximum Gasteiger partial charge on any atom is 0.409 e. The van der Waals surface area contributed by atoms with E-state index >= 15 is 0 Å². The molecule has 0 spiro atoms. The van der Waals surface area contributed by atoms with E-state index in [9.17, 15) is 4.79 Å². The predicted molar refractivity (Wildman–Crippen MR) is 73.1 cm³/mol. The second kappa shape index (κ2) is 7.09. The van der Waals surface area contributed by atoms with E-state index in [0.29, 0.717) is 6.61 Å². The number of pyridine rings is 1. The van der Waals surface area contributed by atoms with Crippen molar-refractivity contribution in [3.8, 4) is 0 Å². The van der Waals surface area contributed by atoms with E-state index in [1.165, 1.54) is 0 Å². The van der Waals surface area contributed by atoms with E-state index in [1.807, 2.05) is 25.1 Å². The maximum absolute atomic E-state index is 11.7. The Bertz CT molecular complexity index is 417. The molecule has 1 saturated heterocycles. The summed E-state index contributed by atoms with van der Waals surface area (Å²) in [6, 6.07) is 5.99. The first kappa shape index (κ1) is 13.8. The molecule has 0 radical (unpaired) electrons. The fraction of sp³-hybridized carbons (Fsp3) is 0.571. The number of hydrogen-bond donors (Lipinski definition) is 1. The molecule has 1 aliphatic heterocycles. The third kappa shape index (κ3) is 4.52. The Morgan fingerprint density at radius 3 is 2.95 bits per heavy atom. The molecule has 2 heterocycles. The van der Waals surface area contributed by atoms with Crippen molar-refractivity contribution >= 4 is 6.09 Å². The summed E-state index contributed by atoms with van der Waals surface area (Å²) in [6.45, 7) is 5.60. The lowest BCUT2D eigenvalue weighted by atomic mass is 10.2. The van der Waals surface area contributed by atoms with Gasteiger partial charge in [0.05, 0.1) is 6.61 Å². The first-order valence-electron chi connectivity index (χ1n) is 6.80. The van der Waals surface area contributed by atoms with Crippen molar-refractivity contribution in [2.24, 2.45) is 0 Å². The second-order valence-corrected chi connectivity index (χ2v) is 4.73. The zero-order valence-corrected chi connectivity index (χ0v) is 11.4. The Labute approximate surface area is 114 Å². The molecule has 0 aromatic carbocycles. The summed E-state index contributed by atoms with van der Waals surface area (Å²) in [5, 5.41) is 3.21. The van der Waals surface area contributed by atoms with E-state index in [0.717, 1.165) is 50.4 Å². The lowest BCUT2D eigenvalue weighted by Gasteiger charge is -2.26. The van der Waals surface area contributed by atoms with E-state index in [-0.39, 0.29) is 6.09 Å². The summed E-state index contributed by atoms with van der Waals surface area (Å²) in [6.07, 6.45) is 1.46. The fourth-order valence-corrected chi connectivity index (χ4v) is 2.09. The minimum absolute atomic E-state index is 0.196. The standard InChI is InChI=1S/C14H21N3O2/c1-12-4-2-5-13(16-12)6-3-11-19-14(18)17-9-7-15-8-10-17/h2,4-5,15H,3,6-11H2,1H3. The molecule has 1 amide bonds. The van der Waals surface area contributed by atoms with Gasteiger partial charge in [-0.25, -0.2) is 4.79 Å². The average molecular weight is 263 g/mol. The van der Waals surface area contributed by atoms with Crippen molar-refractivity contribution in [2.75, 3.05) is 32.8 Å². The van der Waals surface area contributed by atoms with Gasteiger partial charge < -0.3 is 15.0 Å². The lowest BCUT2D eigenvalue weighted by Crippen LogP contribution is -2.46. The Morgan fingerprint density at radius 2 is 2.21 bits per heavy atom. The highest BCUT2D eigenvalue weighted by Crippen LogP contribution is 2.03. The van der Waals surface area contributed by atoms with Crippen LogP contribution in [0, 0.1) is 6.92 Å². The van der Waals surface area contributed by atoms with Crippen molar-refractivity contribution in [1.29, 1.82) is 0 Å². The van der Waals surface area contributed by atoms with Gasteiger partial charge in [-0.2, -0.15) is 0 Å². The topological polar surface area (TPSA) is 54.5 Å². The molecule has 104 valence electrons. The minimum Gasteiger partial charge on any atom is -0.449 e. The molecule has 1 aliphatic rings. The number of piperazine rings is 1. The Balaban J connectivity index is 1.65. The maximum atomic E-state index is 11.7. The highest BCUT2D eigenvalue weighted by Gasteiger charge is 2.16. The number of ether oxygens (including phenoxy) is 1.